The predicted molar refractivity (Wildman–Crippen MR) is 95.7 cm³/mol. The van der Waals surface area contributed by atoms with Gasteiger partial charge in [0.05, 0.1) is 0 Å². The molecule has 0 bridgehead atoms. The van der Waals surface area contributed by atoms with Crippen LogP contribution in [0.2, 0.25) is 0 Å². The molecule has 2 aromatic carbocycles. The lowest BCUT2D eigenvalue weighted by atomic mass is 10.1. The van der Waals surface area contributed by atoms with Crippen LogP contribution in [0.25, 0.3) is 6.08 Å². The number of hydrogen-bond donors (Lipinski definition) is 1. The molecule has 1 amide bonds. The highest BCUT2D eigenvalue weighted by Gasteiger charge is 2.10. The lowest BCUT2D eigenvalue weighted by Gasteiger charge is -2.12. The van der Waals surface area contributed by atoms with Gasteiger partial charge in [-0.1, -0.05) is 35.9 Å². The summed E-state index contributed by atoms with van der Waals surface area (Å²) < 4.78 is 18.3. The SMILES string of the molecule is Cc1cc(C)c(NC(=O)COC(=O)/C=C/c2ccccc2F)c(C)c1. The van der Waals surface area contributed by atoms with Crippen LogP contribution in [0.1, 0.15) is 22.3 Å². The van der Waals surface area contributed by atoms with Gasteiger partial charge in [-0.3, -0.25) is 4.79 Å². The van der Waals surface area contributed by atoms with E-state index < -0.39 is 24.3 Å². The maximum Gasteiger partial charge on any atom is 0.331 e. The number of hydrogen-bond acceptors (Lipinski definition) is 3. The second-order valence-corrected chi connectivity index (χ2v) is 5.78. The van der Waals surface area contributed by atoms with Gasteiger partial charge in [-0.15, -0.1) is 0 Å². The minimum Gasteiger partial charge on any atom is -0.452 e. The highest BCUT2D eigenvalue weighted by Crippen LogP contribution is 2.21. The molecule has 0 heterocycles. The molecule has 5 heteroatoms. The molecule has 1 N–H and O–H groups in total. The summed E-state index contributed by atoms with van der Waals surface area (Å²) in [6, 6.07) is 9.98. The van der Waals surface area contributed by atoms with Crippen molar-refractivity contribution < 1.29 is 18.7 Å². The van der Waals surface area contributed by atoms with Crippen molar-refractivity contribution in [2.75, 3.05) is 11.9 Å². The van der Waals surface area contributed by atoms with E-state index in [-0.39, 0.29) is 5.56 Å². The number of carbonyl (C=O) groups is 2. The van der Waals surface area contributed by atoms with Gasteiger partial charge >= 0.3 is 5.97 Å². The van der Waals surface area contributed by atoms with Gasteiger partial charge in [-0.25, -0.2) is 9.18 Å². The van der Waals surface area contributed by atoms with Gasteiger partial charge in [-0.05, 0) is 44.0 Å². The third-order valence-electron chi connectivity index (χ3n) is 3.59. The largest absolute Gasteiger partial charge is 0.452 e. The lowest BCUT2D eigenvalue weighted by Crippen LogP contribution is -2.21. The summed E-state index contributed by atoms with van der Waals surface area (Å²) in [6.45, 7) is 5.38. The normalized spacial score (nSPS) is 10.7. The molecule has 0 spiro atoms. The summed E-state index contributed by atoms with van der Waals surface area (Å²) >= 11 is 0. The van der Waals surface area contributed by atoms with E-state index in [1.165, 1.54) is 18.2 Å². The molecule has 0 aromatic heterocycles. The molecule has 2 rings (SSSR count). The van der Waals surface area contributed by atoms with Crippen LogP contribution >= 0.6 is 0 Å². The average Bonchev–Trinajstić information content (AvgIpc) is 2.55. The molecule has 0 aliphatic carbocycles. The van der Waals surface area contributed by atoms with E-state index >= 15 is 0 Å². The first kappa shape index (κ1) is 18.4. The number of aryl methyl sites for hydroxylation is 3. The van der Waals surface area contributed by atoms with Crippen LogP contribution in [-0.2, 0) is 14.3 Å². The summed E-state index contributed by atoms with van der Waals surface area (Å²) in [4.78, 5) is 23.6. The molecule has 130 valence electrons. The van der Waals surface area contributed by atoms with Crippen molar-refractivity contribution in [3.63, 3.8) is 0 Å². The molecular formula is C20H20FNO3. The van der Waals surface area contributed by atoms with E-state index in [0.717, 1.165) is 22.8 Å². The van der Waals surface area contributed by atoms with Crippen LogP contribution in [-0.4, -0.2) is 18.5 Å². The minimum absolute atomic E-state index is 0.273. The van der Waals surface area contributed by atoms with Crippen molar-refractivity contribution in [1.82, 2.24) is 0 Å². The molecule has 0 radical (unpaired) electrons. The zero-order chi connectivity index (χ0) is 18.4. The van der Waals surface area contributed by atoms with Crippen molar-refractivity contribution in [1.29, 1.82) is 0 Å². The first-order chi connectivity index (χ1) is 11.9. The Morgan fingerprint density at radius 3 is 2.40 bits per heavy atom. The number of benzene rings is 2. The lowest BCUT2D eigenvalue weighted by molar-refractivity contribution is -0.142. The van der Waals surface area contributed by atoms with Crippen molar-refractivity contribution in [3.8, 4) is 0 Å². The number of amides is 1. The van der Waals surface area contributed by atoms with E-state index in [4.69, 9.17) is 4.74 Å². The second kappa shape index (κ2) is 8.24. The molecule has 0 saturated heterocycles. The van der Waals surface area contributed by atoms with Gasteiger partial charge in [0.15, 0.2) is 6.61 Å². The fourth-order valence-corrected chi connectivity index (χ4v) is 2.51. The third kappa shape index (κ3) is 5.28. The van der Waals surface area contributed by atoms with Gasteiger partial charge in [-0.2, -0.15) is 0 Å². The fraction of sp³-hybridized carbons (Fsp3) is 0.200. The maximum absolute atomic E-state index is 13.4. The van der Waals surface area contributed by atoms with Crippen LogP contribution in [0.4, 0.5) is 10.1 Å². The van der Waals surface area contributed by atoms with E-state index in [0.29, 0.717) is 5.69 Å². The summed E-state index contributed by atoms with van der Waals surface area (Å²) in [5, 5.41) is 2.74. The van der Waals surface area contributed by atoms with E-state index in [1.54, 1.807) is 12.1 Å². The Morgan fingerprint density at radius 1 is 1.12 bits per heavy atom. The van der Waals surface area contributed by atoms with Gasteiger partial charge in [0.2, 0.25) is 0 Å². The number of ether oxygens (including phenoxy) is 1. The molecule has 25 heavy (non-hydrogen) atoms. The van der Waals surface area contributed by atoms with Gasteiger partial charge in [0.1, 0.15) is 5.82 Å². The zero-order valence-electron chi connectivity index (χ0n) is 14.4. The predicted octanol–water partition coefficient (Wildman–Crippen LogP) is 3.95. The van der Waals surface area contributed by atoms with Crippen molar-refractivity contribution >= 4 is 23.6 Å². The molecule has 0 fully saturated rings. The Labute approximate surface area is 146 Å². The standard InChI is InChI=1S/C20H20FNO3/c1-13-10-14(2)20(15(3)11-13)22-18(23)12-25-19(24)9-8-16-6-4-5-7-17(16)21/h4-11H,12H2,1-3H3,(H,22,23)/b9-8+. The third-order valence-corrected chi connectivity index (χ3v) is 3.59. The monoisotopic (exact) mass is 341 g/mol. The number of halogens is 1. The Bertz CT molecular complexity index is 804. The van der Waals surface area contributed by atoms with Gasteiger partial charge in [0, 0.05) is 17.3 Å². The maximum atomic E-state index is 13.4. The van der Waals surface area contributed by atoms with Gasteiger partial charge < -0.3 is 10.1 Å². The van der Waals surface area contributed by atoms with Crippen LogP contribution in [0, 0.1) is 26.6 Å². The Hall–Kier alpha value is -2.95. The summed E-state index contributed by atoms with van der Waals surface area (Å²) in [5.41, 5.74) is 3.98. The number of nitrogens with one attached hydrogen (secondary N) is 1. The molecule has 4 nitrogen and oxygen atoms in total. The number of esters is 1. The smallest absolute Gasteiger partial charge is 0.331 e. The van der Waals surface area contributed by atoms with Crippen LogP contribution in [0.3, 0.4) is 0 Å². The fourth-order valence-electron chi connectivity index (χ4n) is 2.51. The van der Waals surface area contributed by atoms with E-state index in [2.05, 4.69) is 5.32 Å². The Morgan fingerprint density at radius 2 is 1.76 bits per heavy atom. The summed E-state index contributed by atoms with van der Waals surface area (Å²) in [7, 11) is 0. The average molecular weight is 341 g/mol. The van der Waals surface area contributed by atoms with Crippen molar-refractivity contribution in [2.24, 2.45) is 0 Å². The molecular weight excluding hydrogens is 321 g/mol. The highest BCUT2D eigenvalue weighted by atomic mass is 19.1. The number of carbonyl (C=O) groups excluding carboxylic acids is 2. The summed E-state index contributed by atoms with van der Waals surface area (Å²) in [6.07, 6.45) is 2.40. The molecule has 0 aliphatic heterocycles. The van der Waals surface area contributed by atoms with E-state index in [9.17, 15) is 14.0 Å². The topological polar surface area (TPSA) is 55.4 Å². The van der Waals surface area contributed by atoms with E-state index in [1.807, 2.05) is 32.9 Å². The molecule has 2 aromatic rings. The van der Waals surface area contributed by atoms with Crippen LogP contribution in [0.15, 0.2) is 42.5 Å². The van der Waals surface area contributed by atoms with Crippen molar-refractivity contribution in [2.45, 2.75) is 20.8 Å². The number of rotatable bonds is 5. The summed E-state index contributed by atoms with van der Waals surface area (Å²) in [5.74, 6) is -1.58. The molecule has 0 unspecified atom stereocenters. The Balaban J connectivity index is 1.90. The van der Waals surface area contributed by atoms with Gasteiger partial charge in [0.25, 0.3) is 5.91 Å². The molecule has 0 atom stereocenters. The molecule has 0 aliphatic rings. The first-order valence-corrected chi connectivity index (χ1v) is 7.84. The van der Waals surface area contributed by atoms with Crippen molar-refractivity contribution in [3.05, 3.63) is 70.5 Å². The number of anilines is 1. The van der Waals surface area contributed by atoms with Crippen LogP contribution in [0.5, 0.6) is 0 Å². The van der Waals surface area contributed by atoms with Crippen LogP contribution < -0.4 is 5.32 Å². The minimum atomic E-state index is -0.712. The second-order valence-electron chi connectivity index (χ2n) is 5.78. The quantitative estimate of drug-likeness (QED) is 0.662. The molecule has 0 saturated carbocycles. The highest BCUT2D eigenvalue weighted by molar-refractivity contribution is 5.95. The Kier molecular flexibility index (Phi) is 6.06. The first-order valence-electron chi connectivity index (χ1n) is 7.84. The zero-order valence-corrected chi connectivity index (χ0v) is 14.4.